The van der Waals surface area contributed by atoms with Crippen molar-refractivity contribution in [3.63, 3.8) is 0 Å². The van der Waals surface area contributed by atoms with E-state index in [1.807, 2.05) is 13.0 Å². The van der Waals surface area contributed by atoms with Crippen molar-refractivity contribution in [2.75, 3.05) is 6.54 Å². The second-order valence-electron chi connectivity index (χ2n) is 6.51. The van der Waals surface area contributed by atoms with E-state index >= 15 is 0 Å². The van der Waals surface area contributed by atoms with Gasteiger partial charge >= 0.3 is 0 Å². The number of halogens is 1. The molecule has 0 saturated heterocycles. The van der Waals surface area contributed by atoms with E-state index in [-0.39, 0.29) is 23.8 Å². The first-order valence-corrected chi connectivity index (χ1v) is 9.13. The number of amides is 1. The molecule has 1 amide bonds. The van der Waals surface area contributed by atoms with Crippen LogP contribution in [-0.2, 0) is 6.54 Å². The van der Waals surface area contributed by atoms with Gasteiger partial charge in [-0.3, -0.25) is 14.7 Å². The molecule has 0 radical (unpaired) electrons. The van der Waals surface area contributed by atoms with E-state index in [1.165, 1.54) is 18.3 Å². The van der Waals surface area contributed by atoms with Crippen molar-refractivity contribution in [2.45, 2.75) is 13.5 Å². The Labute approximate surface area is 165 Å². The first kappa shape index (κ1) is 18.5. The second kappa shape index (κ2) is 7.67. The van der Waals surface area contributed by atoms with Gasteiger partial charge < -0.3 is 9.88 Å². The second-order valence-corrected chi connectivity index (χ2v) is 6.51. The van der Waals surface area contributed by atoms with Crippen molar-refractivity contribution >= 4 is 16.8 Å². The molecule has 0 spiro atoms. The van der Waals surface area contributed by atoms with Crippen LogP contribution in [0.2, 0.25) is 0 Å². The molecule has 2 aromatic heterocycles. The monoisotopic (exact) mass is 391 g/mol. The van der Waals surface area contributed by atoms with E-state index in [1.54, 1.807) is 35.2 Å². The SMILES string of the molecule is CCN(Cc1nc2ccccc2c(=O)[nH]1)C(=O)c1cn[nH]c1-c1ccc(F)cc1. The van der Waals surface area contributed by atoms with E-state index in [0.29, 0.717) is 40.1 Å². The molecule has 0 bridgehead atoms. The predicted octanol–water partition coefficient (Wildman–Crippen LogP) is 3.11. The summed E-state index contributed by atoms with van der Waals surface area (Å²) in [5.41, 5.74) is 1.85. The average molecular weight is 391 g/mol. The Bertz CT molecular complexity index is 1230. The fourth-order valence-electron chi connectivity index (χ4n) is 3.17. The number of aromatic amines is 2. The minimum Gasteiger partial charge on any atom is -0.331 e. The van der Waals surface area contributed by atoms with Crippen molar-refractivity contribution in [2.24, 2.45) is 0 Å². The van der Waals surface area contributed by atoms with Crippen LogP contribution >= 0.6 is 0 Å². The molecule has 2 heterocycles. The van der Waals surface area contributed by atoms with E-state index in [2.05, 4.69) is 20.2 Å². The summed E-state index contributed by atoms with van der Waals surface area (Å²) >= 11 is 0. The van der Waals surface area contributed by atoms with Gasteiger partial charge in [-0.2, -0.15) is 5.10 Å². The standard InChI is InChI=1S/C21H18FN5O2/c1-2-27(12-18-24-17-6-4-3-5-15(17)20(28)25-18)21(29)16-11-23-26-19(16)13-7-9-14(22)10-8-13/h3-11H,2,12H2,1H3,(H,23,26)(H,24,25,28). The van der Waals surface area contributed by atoms with Gasteiger partial charge in [0.2, 0.25) is 0 Å². The van der Waals surface area contributed by atoms with Crippen molar-refractivity contribution < 1.29 is 9.18 Å². The third-order valence-corrected chi connectivity index (χ3v) is 4.67. The summed E-state index contributed by atoms with van der Waals surface area (Å²) in [7, 11) is 0. The summed E-state index contributed by atoms with van der Waals surface area (Å²) in [6.45, 7) is 2.39. The first-order chi connectivity index (χ1) is 14.1. The number of hydrogen-bond donors (Lipinski definition) is 2. The Hall–Kier alpha value is -3.81. The van der Waals surface area contributed by atoms with E-state index in [0.717, 1.165) is 0 Å². The maximum Gasteiger partial charge on any atom is 0.258 e. The third kappa shape index (κ3) is 3.64. The Balaban J connectivity index is 1.64. The summed E-state index contributed by atoms with van der Waals surface area (Å²) in [5, 5.41) is 7.29. The van der Waals surface area contributed by atoms with E-state index < -0.39 is 0 Å². The number of H-pyrrole nitrogens is 2. The number of benzene rings is 2. The van der Waals surface area contributed by atoms with Crippen LogP contribution in [-0.4, -0.2) is 37.5 Å². The number of para-hydroxylation sites is 1. The van der Waals surface area contributed by atoms with Gasteiger partial charge in [-0.05, 0) is 43.3 Å². The molecule has 8 heteroatoms. The maximum atomic E-state index is 13.2. The highest BCUT2D eigenvalue weighted by Gasteiger charge is 2.21. The van der Waals surface area contributed by atoms with Crippen molar-refractivity contribution in [1.82, 2.24) is 25.1 Å². The van der Waals surface area contributed by atoms with Gasteiger partial charge in [0, 0.05) is 12.1 Å². The Morgan fingerprint density at radius 2 is 1.90 bits per heavy atom. The molecule has 4 aromatic rings. The van der Waals surface area contributed by atoms with Gasteiger partial charge in [0.25, 0.3) is 11.5 Å². The molecule has 0 aliphatic heterocycles. The molecule has 0 aliphatic carbocycles. The topological polar surface area (TPSA) is 94.7 Å². The van der Waals surface area contributed by atoms with Gasteiger partial charge in [0.1, 0.15) is 11.6 Å². The number of nitrogens with one attached hydrogen (secondary N) is 2. The number of hydrogen-bond acceptors (Lipinski definition) is 4. The van der Waals surface area contributed by atoms with Crippen LogP contribution < -0.4 is 5.56 Å². The zero-order valence-corrected chi connectivity index (χ0v) is 15.6. The van der Waals surface area contributed by atoms with Crippen LogP contribution in [0.4, 0.5) is 4.39 Å². The van der Waals surface area contributed by atoms with Gasteiger partial charge in [0.15, 0.2) is 0 Å². The number of aromatic nitrogens is 4. The van der Waals surface area contributed by atoms with Crippen LogP contribution in [0.3, 0.4) is 0 Å². The number of fused-ring (bicyclic) bond motifs is 1. The van der Waals surface area contributed by atoms with Crippen LogP contribution in [0.25, 0.3) is 22.2 Å². The highest BCUT2D eigenvalue weighted by molar-refractivity contribution is 5.99. The molecular formula is C21H18FN5O2. The molecule has 4 rings (SSSR count). The van der Waals surface area contributed by atoms with Gasteiger partial charge in [-0.15, -0.1) is 0 Å². The largest absolute Gasteiger partial charge is 0.331 e. The Morgan fingerprint density at radius 1 is 1.14 bits per heavy atom. The molecular weight excluding hydrogens is 373 g/mol. The Kier molecular flexibility index (Phi) is 4.90. The zero-order valence-electron chi connectivity index (χ0n) is 15.6. The molecule has 2 aromatic carbocycles. The number of rotatable bonds is 5. The van der Waals surface area contributed by atoms with Crippen LogP contribution in [0.5, 0.6) is 0 Å². The average Bonchev–Trinajstić information content (AvgIpc) is 3.22. The number of nitrogens with zero attached hydrogens (tertiary/aromatic N) is 3. The van der Waals surface area contributed by atoms with Crippen LogP contribution in [0, 0.1) is 5.82 Å². The molecule has 0 aliphatic rings. The first-order valence-electron chi connectivity index (χ1n) is 9.13. The minimum absolute atomic E-state index is 0.142. The minimum atomic E-state index is -0.359. The molecule has 0 fully saturated rings. The highest BCUT2D eigenvalue weighted by Crippen LogP contribution is 2.23. The normalized spacial score (nSPS) is 11.0. The van der Waals surface area contributed by atoms with Crippen molar-refractivity contribution in [3.05, 3.63) is 82.3 Å². The molecule has 0 atom stereocenters. The lowest BCUT2D eigenvalue weighted by Crippen LogP contribution is -2.32. The maximum absolute atomic E-state index is 13.2. The lowest BCUT2D eigenvalue weighted by molar-refractivity contribution is 0.0749. The molecule has 29 heavy (non-hydrogen) atoms. The predicted molar refractivity (Wildman–Crippen MR) is 107 cm³/mol. The van der Waals surface area contributed by atoms with E-state index in [9.17, 15) is 14.0 Å². The van der Waals surface area contributed by atoms with Gasteiger partial charge in [-0.1, -0.05) is 12.1 Å². The lowest BCUT2D eigenvalue weighted by Gasteiger charge is -2.20. The summed E-state index contributed by atoms with van der Waals surface area (Å²) in [6.07, 6.45) is 1.44. The highest BCUT2D eigenvalue weighted by atomic mass is 19.1. The lowest BCUT2D eigenvalue weighted by atomic mass is 10.1. The molecule has 146 valence electrons. The summed E-state index contributed by atoms with van der Waals surface area (Å²) in [4.78, 5) is 34.2. The summed E-state index contributed by atoms with van der Waals surface area (Å²) in [6, 6.07) is 12.9. The number of carbonyl (C=O) groups is 1. The molecule has 0 unspecified atom stereocenters. The fourth-order valence-corrected chi connectivity index (χ4v) is 3.17. The van der Waals surface area contributed by atoms with Gasteiger partial charge in [0.05, 0.1) is 34.9 Å². The number of carbonyl (C=O) groups excluding carboxylic acids is 1. The van der Waals surface area contributed by atoms with Crippen molar-refractivity contribution in [1.29, 1.82) is 0 Å². The zero-order chi connectivity index (χ0) is 20.4. The van der Waals surface area contributed by atoms with Crippen molar-refractivity contribution in [3.8, 4) is 11.3 Å². The van der Waals surface area contributed by atoms with Crippen LogP contribution in [0.15, 0.2) is 59.5 Å². The molecule has 7 nitrogen and oxygen atoms in total. The summed E-state index contributed by atoms with van der Waals surface area (Å²) < 4.78 is 13.2. The fraction of sp³-hybridized carbons (Fsp3) is 0.143. The molecule has 2 N–H and O–H groups in total. The Morgan fingerprint density at radius 3 is 2.66 bits per heavy atom. The van der Waals surface area contributed by atoms with E-state index in [4.69, 9.17) is 0 Å². The third-order valence-electron chi connectivity index (χ3n) is 4.67. The quantitative estimate of drug-likeness (QED) is 0.546. The van der Waals surface area contributed by atoms with Gasteiger partial charge in [-0.25, -0.2) is 9.37 Å². The smallest absolute Gasteiger partial charge is 0.258 e. The van der Waals surface area contributed by atoms with Crippen LogP contribution in [0.1, 0.15) is 23.1 Å². The molecule has 0 saturated carbocycles. The summed E-state index contributed by atoms with van der Waals surface area (Å²) in [5.74, 6) is -0.227.